The first-order chi connectivity index (χ1) is 8.17. The number of ketones is 1. The number of hydrogen-bond acceptors (Lipinski definition) is 2. The van der Waals surface area contributed by atoms with Crippen LogP contribution in [0.3, 0.4) is 0 Å². The van der Waals surface area contributed by atoms with E-state index in [2.05, 4.69) is 6.58 Å². The Morgan fingerprint density at radius 3 is 2.65 bits per heavy atom. The van der Waals surface area contributed by atoms with E-state index in [9.17, 15) is 9.90 Å². The highest BCUT2D eigenvalue weighted by Crippen LogP contribution is 2.28. The van der Waals surface area contributed by atoms with E-state index in [1.54, 1.807) is 36.4 Å². The summed E-state index contributed by atoms with van der Waals surface area (Å²) in [6, 6.07) is 8.97. The van der Waals surface area contributed by atoms with Gasteiger partial charge in [-0.05, 0) is 6.08 Å². The molecule has 86 valence electrons. The number of carbonyl (C=O) groups excluding carboxylic acids is 1. The summed E-state index contributed by atoms with van der Waals surface area (Å²) in [4.78, 5) is 12.3. The fourth-order valence-electron chi connectivity index (χ4n) is 1.92. The van der Waals surface area contributed by atoms with Gasteiger partial charge in [0.25, 0.3) is 0 Å². The second-order valence-electron chi connectivity index (χ2n) is 4.04. The minimum absolute atomic E-state index is 0.103. The predicted octanol–water partition coefficient (Wildman–Crippen LogP) is 2.53. The van der Waals surface area contributed by atoms with Gasteiger partial charge in [0.05, 0.1) is 5.92 Å². The third-order valence-corrected chi connectivity index (χ3v) is 2.94. The lowest BCUT2D eigenvalue weighted by Crippen LogP contribution is -2.38. The number of allylic oxidation sites excluding steroid dienone is 2. The standard InChI is InChI=1S/C15H14O2/c1-2-15(17)11-7-6-10-13(15)14(16)12-8-4-3-5-9-12/h2-11,13,17H,1H2. The van der Waals surface area contributed by atoms with Crippen LogP contribution < -0.4 is 0 Å². The second-order valence-corrected chi connectivity index (χ2v) is 4.04. The van der Waals surface area contributed by atoms with Crippen LogP contribution >= 0.6 is 0 Å². The van der Waals surface area contributed by atoms with Crippen molar-refractivity contribution in [3.63, 3.8) is 0 Å². The largest absolute Gasteiger partial charge is 0.381 e. The SMILES string of the molecule is C=CC1(O)C=CC=CC1C(=O)c1ccccc1. The van der Waals surface area contributed by atoms with Gasteiger partial charge in [0.15, 0.2) is 5.78 Å². The Kier molecular flexibility index (Phi) is 3.07. The molecule has 0 amide bonds. The number of rotatable bonds is 3. The molecule has 1 aromatic rings. The van der Waals surface area contributed by atoms with Crippen LogP contribution in [0.4, 0.5) is 0 Å². The number of aliphatic hydroxyl groups is 1. The molecule has 0 bridgehead atoms. The molecule has 0 spiro atoms. The quantitative estimate of drug-likeness (QED) is 0.635. The number of hydrogen-bond donors (Lipinski definition) is 1. The fraction of sp³-hybridized carbons (Fsp3) is 0.133. The molecule has 1 N–H and O–H groups in total. The molecule has 17 heavy (non-hydrogen) atoms. The van der Waals surface area contributed by atoms with Gasteiger partial charge >= 0.3 is 0 Å². The lowest BCUT2D eigenvalue weighted by molar-refractivity contribution is 0.0659. The molecule has 0 fully saturated rings. The molecular formula is C15H14O2. The van der Waals surface area contributed by atoms with Crippen molar-refractivity contribution in [1.82, 2.24) is 0 Å². The minimum Gasteiger partial charge on any atom is -0.381 e. The third-order valence-electron chi connectivity index (χ3n) is 2.94. The summed E-state index contributed by atoms with van der Waals surface area (Å²) in [6.45, 7) is 3.60. The van der Waals surface area contributed by atoms with E-state index in [1.807, 2.05) is 18.2 Å². The smallest absolute Gasteiger partial charge is 0.173 e. The Labute approximate surface area is 101 Å². The number of benzene rings is 1. The van der Waals surface area contributed by atoms with Crippen LogP contribution in [-0.2, 0) is 0 Å². The summed E-state index contributed by atoms with van der Waals surface area (Å²) < 4.78 is 0. The monoisotopic (exact) mass is 226 g/mol. The summed E-state index contributed by atoms with van der Waals surface area (Å²) >= 11 is 0. The van der Waals surface area contributed by atoms with Gasteiger partial charge in [-0.2, -0.15) is 0 Å². The van der Waals surface area contributed by atoms with E-state index < -0.39 is 11.5 Å². The molecule has 2 nitrogen and oxygen atoms in total. The van der Waals surface area contributed by atoms with Gasteiger partial charge in [-0.3, -0.25) is 4.79 Å². The molecule has 2 rings (SSSR count). The van der Waals surface area contributed by atoms with Crippen molar-refractivity contribution >= 4 is 5.78 Å². The lowest BCUT2D eigenvalue weighted by Gasteiger charge is -2.29. The van der Waals surface area contributed by atoms with Crippen molar-refractivity contribution in [2.45, 2.75) is 5.60 Å². The Balaban J connectivity index is 2.34. The minimum atomic E-state index is -1.29. The highest BCUT2D eigenvalue weighted by molar-refractivity contribution is 6.00. The second kappa shape index (κ2) is 4.52. The lowest BCUT2D eigenvalue weighted by atomic mass is 9.79. The summed E-state index contributed by atoms with van der Waals surface area (Å²) in [5, 5.41) is 10.3. The molecule has 2 heteroatoms. The van der Waals surface area contributed by atoms with Crippen molar-refractivity contribution < 1.29 is 9.90 Å². The van der Waals surface area contributed by atoms with Gasteiger partial charge in [-0.25, -0.2) is 0 Å². The Morgan fingerprint density at radius 2 is 2.00 bits per heavy atom. The van der Waals surface area contributed by atoms with Crippen LogP contribution in [0.5, 0.6) is 0 Å². The van der Waals surface area contributed by atoms with E-state index in [0.717, 1.165) is 0 Å². The van der Waals surface area contributed by atoms with Gasteiger partial charge in [-0.15, -0.1) is 0 Å². The van der Waals surface area contributed by atoms with Crippen molar-refractivity contribution in [2.24, 2.45) is 5.92 Å². The van der Waals surface area contributed by atoms with Crippen LogP contribution in [0.2, 0.25) is 0 Å². The van der Waals surface area contributed by atoms with Crippen molar-refractivity contribution in [3.8, 4) is 0 Å². The molecule has 1 aliphatic rings. The number of carbonyl (C=O) groups is 1. The fourth-order valence-corrected chi connectivity index (χ4v) is 1.92. The topological polar surface area (TPSA) is 37.3 Å². The molecule has 2 unspecified atom stereocenters. The zero-order valence-corrected chi connectivity index (χ0v) is 9.41. The highest BCUT2D eigenvalue weighted by Gasteiger charge is 2.36. The zero-order chi connectivity index (χ0) is 12.3. The van der Waals surface area contributed by atoms with Crippen LogP contribution in [0, 0.1) is 5.92 Å². The van der Waals surface area contributed by atoms with Crippen LogP contribution in [0.25, 0.3) is 0 Å². The molecule has 2 atom stereocenters. The molecule has 0 aromatic heterocycles. The van der Waals surface area contributed by atoms with Crippen LogP contribution in [0.1, 0.15) is 10.4 Å². The molecule has 0 heterocycles. The maximum atomic E-state index is 12.3. The molecule has 0 saturated heterocycles. The number of Topliss-reactive ketones (excluding diaryl/α,β-unsaturated/α-hetero) is 1. The Bertz CT molecular complexity index is 485. The average Bonchev–Trinajstić information content (AvgIpc) is 2.39. The van der Waals surface area contributed by atoms with Gasteiger partial charge in [0.2, 0.25) is 0 Å². The molecule has 0 saturated carbocycles. The average molecular weight is 226 g/mol. The highest BCUT2D eigenvalue weighted by atomic mass is 16.3. The van der Waals surface area contributed by atoms with E-state index in [1.165, 1.54) is 6.08 Å². The summed E-state index contributed by atoms with van der Waals surface area (Å²) in [6.07, 6.45) is 8.18. The first-order valence-electron chi connectivity index (χ1n) is 5.48. The molecule has 1 aromatic carbocycles. The maximum absolute atomic E-state index is 12.3. The molecule has 1 aliphatic carbocycles. The summed E-state index contributed by atoms with van der Waals surface area (Å²) in [5.74, 6) is -0.707. The van der Waals surface area contributed by atoms with Gasteiger partial charge in [0.1, 0.15) is 5.60 Å². The van der Waals surface area contributed by atoms with Crippen molar-refractivity contribution in [3.05, 3.63) is 72.9 Å². The van der Waals surface area contributed by atoms with Gasteiger partial charge in [-0.1, -0.05) is 61.2 Å². The Morgan fingerprint density at radius 1 is 1.29 bits per heavy atom. The maximum Gasteiger partial charge on any atom is 0.173 e. The van der Waals surface area contributed by atoms with Gasteiger partial charge < -0.3 is 5.11 Å². The van der Waals surface area contributed by atoms with E-state index in [-0.39, 0.29) is 5.78 Å². The Hall–Kier alpha value is -1.93. The van der Waals surface area contributed by atoms with E-state index in [0.29, 0.717) is 5.56 Å². The van der Waals surface area contributed by atoms with Gasteiger partial charge in [0, 0.05) is 5.56 Å². The molecular weight excluding hydrogens is 212 g/mol. The van der Waals surface area contributed by atoms with Crippen molar-refractivity contribution in [1.29, 1.82) is 0 Å². The normalized spacial score (nSPS) is 26.8. The third kappa shape index (κ3) is 2.12. The summed E-state index contributed by atoms with van der Waals surface area (Å²) in [7, 11) is 0. The first kappa shape index (κ1) is 11.6. The van der Waals surface area contributed by atoms with Crippen molar-refractivity contribution in [2.75, 3.05) is 0 Å². The first-order valence-corrected chi connectivity index (χ1v) is 5.48. The van der Waals surface area contributed by atoms with Crippen LogP contribution in [-0.4, -0.2) is 16.5 Å². The van der Waals surface area contributed by atoms with E-state index in [4.69, 9.17) is 0 Å². The predicted molar refractivity (Wildman–Crippen MR) is 67.7 cm³/mol. The van der Waals surface area contributed by atoms with E-state index >= 15 is 0 Å². The molecule has 0 aliphatic heterocycles. The van der Waals surface area contributed by atoms with Crippen LogP contribution in [0.15, 0.2) is 67.3 Å². The summed E-state index contributed by atoms with van der Waals surface area (Å²) in [5.41, 5.74) is -0.695. The zero-order valence-electron chi connectivity index (χ0n) is 9.41. The molecule has 0 radical (unpaired) electrons.